The van der Waals surface area contributed by atoms with Gasteiger partial charge in [0.05, 0.1) is 14.2 Å². The van der Waals surface area contributed by atoms with Gasteiger partial charge in [-0.2, -0.15) is 4.80 Å². The van der Waals surface area contributed by atoms with Crippen LogP contribution < -0.4 is 14.8 Å². The lowest BCUT2D eigenvalue weighted by Crippen LogP contribution is -2.30. The Hall–Kier alpha value is -3.42. The molecule has 1 aromatic heterocycles. The van der Waals surface area contributed by atoms with E-state index in [1.54, 1.807) is 14.2 Å². The van der Waals surface area contributed by atoms with Gasteiger partial charge >= 0.3 is 0 Å². The van der Waals surface area contributed by atoms with Crippen LogP contribution in [0.4, 0.5) is 0 Å². The van der Waals surface area contributed by atoms with E-state index >= 15 is 0 Å². The first-order chi connectivity index (χ1) is 13.2. The first-order valence-electron chi connectivity index (χ1n) is 8.50. The van der Waals surface area contributed by atoms with E-state index in [1.165, 1.54) is 4.80 Å². The van der Waals surface area contributed by atoms with Crippen LogP contribution >= 0.6 is 0 Å². The van der Waals surface area contributed by atoms with Crippen LogP contribution in [0, 0.1) is 0 Å². The number of hydrogen-bond donors (Lipinski definition) is 1. The number of nitrogens with one attached hydrogen (secondary N) is 1. The van der Waals surface area contributed by atoms with Gasteiger partial charge in [-0.3, -0.25) is 4.79 Å². The van der Waals surface area contributed by atoms with Crippen molar-refractivity contribution in [3.63, 3.8) is 0 Å². The number of aromatic nitrogens is 4. The Kier molecular flexibility index (Phi) is 5.98. The minimum absolute atomic E-state index is 0.0196. The molecule has 0 radical (unpaired) electrons. The molecular formula is C19H21N5O3. The molecule has 0 aliphatic heterocycles. The highest BCUT2D eigenvalue weighted by Gasteiger charge is 2.09. The quantitative estimate of drug-likeness (QED) is 0.652. The molecule has 0 aliphatic rings. The molecule has 0 fully saturated rings. The van der Waals surface area contributed by atoms with Gasteiger partial charge in [-0.15, -0.1) is 10.2 Å². The zero-order valence-electron chi connectivity index (χ0n) is 15.3. The highest BCUT2D eigenvalue weighted by atomic mass is 16.5. The van der Waals surface area contributed by atoms with Crippen molar-refractivity contribution in [2.75, 3.05) is 20.8 Å². The molecule has 0 bridgehead atoms. The molecule has 1 amide bonds. The van der Waals surface area contributed by atoms with Crippen molar-refractivity contribution in [1.29, 1.82) is 0 Å². The van der Waals surface area contributed by atoms with Crippen LogP contribution in [0.15, 0.2) is 48.5 Å². The molecule has 0 saturated carbocycles. The summed E-state index contributed by atoms with van der Waals surface area (Å²) >= 11 is 0. The number of nitrogens with zero attached hydrogens (tertiary/aromatic N) is 4. The highest BCUT2D eigenvalue weighted by molar-refractivity contribution is 5.75. The predicted molar refractivity (Wildman–Crippen MR) is 99.5 cm³/mol. The van der Waals surface area contributed by atoms with E-state index in [0.717, 1.165) is 11.1 Å². The fourth-order valence-electron chi connectivity index (χ4n) is 2.58. The van der Waals surface area contributed by atoms with E-state index in [4.69, 9.17) is 9.47 Å². The largest absolute Gasteiger partial charge is 0.493 e. The van der Waals surface area contributed by atoms with Gasteiger partial charge in [0.2, 0.25) is 11.7 Å². The summed E-state index contributed by atoms with van der Waals surface area (Å²) in [5.74, 6) is 1.67. The zero-order valence-corrected chi connectivity index (χ0v) is 15.3. The maximum Gasteiger partial charge on any atom is 0.243 e. The van der Waals surface area contributed by atoms with Crippen LogP contribution in [0.25, 0.3) is 11.4 Å². The first-order valence-corrected chi connectivity index (χ1v) is 8.50. The number of carbonyl (C=O) groups excluding carboxylic acids is 1. The standard InChI is InChI=1S/C19H21N5O3/c1-26-16-9-8-14(12-17(16)27-2)10-11-20-18(25)13-24-22-19(21-23-24)15-6-4-3-5-7-15/h3-9,12H,10-11,13H2,1-2H3,(H,20,25). The van der Waals surface area contributed by atoms with Crippen molar-refractivity contribution >= 4 is 5.91 Å². The lowest BCUT2D eigenvalue weighted by Gasteiger charge is -2.10. The summed E-state index contributed by atoms with van der Waals surface area (Å²) in [6.07, 6.45) is 0.673. The van der Waals surface area contributed by atoms with Crippen molar-refractivity contribution in [2.24, 2.45) is 0 Å². The van der Waals surface area contributed by atoms with Gasteiger partial charge in [0, 0.05) is 12.1 Å². The molecule has 3 aromatic rings. The van der Waals surface area contributed by atoms with Crippen molar-refractivity contribution < 1.29 is 14.3 Å². The number of rotatable bonds is 8. The lowest BCUT2D eigenvalue weighted by atomic mass is 10.1. The molecule has 27 heavy (non-hydrogen) atoms. The highest BCUT2D eigenvalue weighted by Crippen LogP contribution is 2.27. The Labute approximate surface area is 157 Å². The van der Waals surface area contributed by atoms with Gasteiger partial charge in [-0.25, -0.2) is 0 Å². The summed E-state index contributed by atoms with van der Waals surface area (Å²) in [5.41, 5.74) is 1.90. The Bertz CT molecular complexity index is 895. The topological polar surface area (TPSA) is 91.2 Å². The predicted octanol–water partition coefficient (Wildman–Crippen LogP) is 1.72. The summed E-state index contributed by atoms with van der Waals surface area (Å²) in [5, 5.41) is 15.0. The fourth-order valence-corrected chi connectivity index (χ4v) is 2.58. The zero-order chi connectivity index (χ0) is 19.1. The van der Waals surface area contributed by atoms with E-state index in [2.05, 4.69) is 20.7 Å². The number of hydrogen-bond acceptors (Lipinski definition) is 6. The summed E-state index contributed by atoms with van der Waals surface area (Å²) in [7, 11) is 3.19. The number of benzene rings is 2. The van der Waals surface area contributed by atoms with Gasteiger partial charge in [-0.1, -0.05) is 36.4 Å². The lowest BCUT2D eigenvalue weighted by molar-refractivity contribution is -0.122. The van der Waals surface area contributed by atoms with Gasteiger partial charge in [0.1, 0.15) is 6.54 Å². The molecule has 8 heteroatoms. The summed E-state index contributed by atoms with van der Waals surface area (Å²) in [6, 6.07) is 15.2. The first kappa shape index (κ1) is 18.4. The maximum absolute atomic E-state index is 12.1. The van der Waals surface area contributed by atoms with Gasteiger partial charge < -0.3 is 14.8 Å². The molecule has 0 unspecified atom stereocenters. The van der Waals surface area contributed by atoms with E-state index in [9.17, 15) is 4.79 Å². The monoisotopic (exact) mass is 367 g/mol. The second-order valence-electron chi connectivity index (χ2n) is 5.80. The third kappa shape index (κ3) is 4.81. The van der Waals surface area contributed by atoms with E-state index < -0.39 is 0 Å². The number of methoxy groups -OCH3 is 2. The molecular weight excluding hydrogens is 346 g/mol. The summed E-state index contributed by atoms with van der Waals surface area (Å²) in [6.45, 7) is 0.514. The van der Waals surface area contributed by atoms with E-state index in [0.29, 0.717) is 30.3 Å². The average molecular weight is 367 g/mol. The maximum atomic E-state index is 12.1. The van der Waals surface area contributed by atoms with Gasteiger partial charge in [-0.05, 0) is 29.3 Å². The molecule has 1 N–H and O–H groups in total. The van der Waals surface area contributed by atoms with Gasteiger partial charge in [0.25, 0.3) is 0 Å². The SMILES string of the molecule is COc1ccc(CCNC(=O)Cn2nnc(-c3ccccc3)n2)cc1OC. The second kappa shape index (κ2) is 8.79. The number of carbonyl (C=O) groups is 1. The molecule has 140 valence electrons. The molecule has 0 atom stereocenters. The third-order valence-corrected chi connectivity index (χ3v) is 3.95. The molecule has 1 heterocycles. The van der Waals surface area contributed by atoms with E-state index in [1.807, 2.05) is 48.5 Å². The normalized spacial score (nSPS) is 10.4. The molecule has 0 aliphatic carbocycles. The second-order valence-corrected chi connectivity index (χ2v) is 5.80. The summed E-state index contributed by atoms with van der Waals surface area (Å²) in [4.78, 5) is 13.4. The molecule has 2 aromatic carbocycles. The van der Waals surface area contributed by atoms with Crippen molar-refractivity contribution in [1.82, 2.24) is 25.5 Å². The average Bonchev–Trinajstić information content (AvgIpc) is 3.17. The molecule has 3 rings (SSSR count). The van der Waals surface area contributed by atoms with Crippen molar-refractivity contribution in [2.45, 2.75) is 13.0 Å². The van der Waals surface area contributed by atoms with Crippen LogP contribution in [0.1, 0.15) is 5.56 Å². The number of ether oxygens (including phenoxy) is 2. The number of tetrazole rings is 1. The van der Waals surface area contributed by atoms with Crippen LogP contribution in [0.2, 0.25) is 0 Å². The fraction of sp³-hybridized carbons (Fsp3) is 0.263. The van der Waals surface area contributed by atoms with Gasteiger partial charge in [0.15, 0.2) is 11.5 Å². The number of amides is 1. The molecule has 8 nitrogen and oxygen atoms in total. The smallest absolute Gasteiger partial charge is 0.243 e. The Morgan fingerprint density at radius 3 is 2.59 bits per heavy atom. The Morgan fingerprint density at radius 2 is 1.85 bits per heavy atom. The van der Waals surface area contributed by atoms with Crippen LogP contribution in [0.3, 0.4) is 0 Å². The minimum Gasteiger partial charge on any atom is -0.493 e. The van der Waals surface area contributed by atoms with Crippen molar-refractivity contribution in [3.8, 4) is 22.9 Å². The Morgan fingerprint density at radius 1 is 1.07 bits per heavy atom. The van der Waals surface area contributed by atoms with E-state index in [-0.39, 0.29) is 12.5 Å². The van der Waals surface area contributed by atoms with Crippen molar-refractivity contribution in [3.05, 3.63) is 54.1 Å². The third-order valence-electron chi connectivity index (χ3n) is 3.95. The van der Waals surface area contributed by atoms with Crippen LogP contribution in [-0.2, 0) is 17.8 Å². The Balaban J connectivity index is 1.50. The molecule has 0 saturated heterocycles. The summed E-state index contributed by atoms with van der Waals surface area (Å²) < 4.78 is 10.5. The minimum atomic E-state index is -0.174. The molecule has 0 spiro atoms. The van der Waals surface area contributed by atoms with Crippen LogP contribution in [-0.4, -0.2) is 46.9 Å². The van der Waals surface area contributed by atoms with Crippen LogP contribution in [0.5, 0.6) is 11.5 Å².